The van der Waals surface area contributed by atoms with E-state index in [0.717, 1.165) is 16.9 Å². The topological polar surface area (TPSA) is 69.6 Å². The van der Waals surface area contributed by atoms with Gasteiger partial charge in [-0.2, -0.15) is 0 Å². The van der Waals surface area contributed by atoms with Gasteiger partial charge in [-0.1, -0.05) is 18.2 Å². The number of aromatic carboxylic acids is 1. The lowest BCUT2D eigenvalue weighted by Gasteiger charge is -2.12. The molecule has 0 heterocycles. The maximum Gasteiger partial charge on any atom is 0.338 e. The Morgan fingerprint density at radius 2 is 1.90 bits per heavy atom. The van der Waals surface area contributed by atoms with E-state index in [1.54, 1.807) is 24.3 Å². The summed E-state index contributed by atoms with van der Waals surface area (Å²) in [5.41, 5.74) is 2.03. The van der Waals surface area contributed by atoms with E-state index in [1.165, 1.54) is 11.8 Å². The van der Waals surface area contributed by atoms with E-state index < -0.39 is 5.97 Å². The Balaban J connectivity index is 2.06. The first kappa shape index (κ1) is 15.3. The summed E-state index contributed by atoms with van der Waals surface area (Å²) in [4.78, 5) is 12.1. The highest BCUT2D eigenvalue weighted by molar-refractivity contribution is 7.98. The summed E-state index contributed by atoms with van der Waals surface area (Å²) >= 11 is 1.42. The molecule has 4 nitrogen and oxygen atoms in total. The summed E-state index contributed by atoms with van der Waals surface area (Å²) in [6.07, 6.45) is 2.62. The Kier molecular flexibility index (Phi) is 5.11. The molecule has 0 bridgehead atoms. The molecule has 2 aromatic rings. The van der Waals surface area contributed by atoms with Crippen LogP contribution in [-0.2, 0) is 6.42 Å². The second kappa shape index (κ2) is 7.04. The maximum atomic E-state index is 11.4. The van der Waals surface area contributed by atoms with Crippen molar-refractivity contribution in [2.45, 2.75) is 11.3 Å². The molecule has 0 aliphatic carbocycles. The Morgan fingerprint density at radius 3 is 2.52 bits per heavy atom. The number of benzene rings is 2. The molecule has 0 saturated carbocycles. The molecule has 0 radical (unpaired) electrons. The van der Waals surface area contributed by atoms with Crippen LogP contribution >= 0.6 is 11.8 Å². The first-order valence-electron chi connectivity index (χ1n) is 6.54. The van der Waals surface area contributed by atoms with Crippen molar-refractivity contribution in [1.29, 1.82) is 0 Å². The smallest absolute Gasteiger partial charge is 0.338 e. The predicted octanol–water partition coefficient (Wildman–Crippen LogP) is 3.47. The van der Waals surface area contributed by atoms with Gasteiger partial charge < -0.3 is 15.5 Å². The number of carboxylic acid groups (broad SMARTS) is 1. The first-order chi connectivity index (χ1) is 10.1. The summed E-state index contributed by atoms with van der Waals surface area (Å²) in [5, 5.41) is 21.8. The van der Waals surface area contributed by atoms with Gasteiger partial charge in [-0.3, -0.25) is 0 Å². The third-order valence-corrected chi connectivity index (χ3v) is 3.91. The van der Waals surface area contributed by atoms with Crippen LogP contribution in [0.1, 0.15) is 15.9 Å². The summed E-state index contributed by atoms with van der Waals surface area (Å²) in [5.74, 6) is -0.681. The summed E-state index contributed by atoms with van der Waals surface area (Å²) in [7, 11) is 0. The highest BCUT2D eigenvalue weighted by Crippen LogP contribution is 2.27. The van der Waals surface area contributed by atoms with Crippen molar-refractivity contribution in [1.82, 2.24) is 0 Å². The quantitative estimate of drug-likeness (QED) is 0.713. The third-order valence-electron chi connectivity index (χ3n) is 3.13. The second-order valence-corrected chi connectivity index (χ2v) is 5.38. The molecular weight excluding hydrogens is 286 g/mol. The van der Waals surface area contributed by atoms with Crippen LogP contribution in [-0.4, -0.2) is 29.0 Å². The molecule has 0 amide bonds. The molecule has 2 rings (SSSR count). The van der Waals surface area contributed by atoms with E-state index in [9.17, 15) is 15.0 Å². The molecule has 3 N–H and O–H groups in total. The molecule has 0 spiro atoms. The standard InChI is InChI=1S/C16H17NO3S/c1-21-14-4-2-3-13(15(14)16(19)20)17-10-9-11-5-7-12(18)8-6-11/h2-8,17-18H,9-10H2,1H3,(H,19,20). The van der Waals surface area contributed by atoms with Crippen molar-refractivity contribution >= 4 is 23.4 Å². The zero-order valence-corrected chi connectivity index (χ0v) is 12.5. The van der Waals surface area contributed by atoms with E-state index in [0.29, 0.717) is 17.8 Å². The van der Waals surface area contributed by atoms with Gasteiger partial charge >= 0.3 is 5.97 Å². The van der Waals surface area contributed by atoms with Gasteiger partial charge in [0.25, 0.3) is 0 Å². The fourth-order valence-corrected chi connectivity index (χ4v) is 2.69. The molecule has 2 aromatic carbocycles. The normalized spacial score (nSPS) is 10.3. The second-order valence-electron chi connectivity index (χ2n) is 4.53. The summed E-state index contributed by atoms with van der Waals surface area (Å²) < 4.78 is 0. The zero-order valence-electron chi connectivity index (χ0n) is 11.7. The van der Waals surface area contributed by atoms with Crippen LogP contribution in [0.5, 0.6) is 5.75 Å². The highest BCUT2D eigenvalue weighted by atomic mass is 32.2. The molecule has 0 fully saturated rings. The molecule has 5 heteroatoms. The predicted molar refractivity (Wildman–Crippen MR) is 85.5 cm³/mol. The molecule has 0 aromatic heterocycles. The summed E-state index contributed by atoms with van der Waals surface area (Å²) in [6, 6.07) is 12.4. The van der Waals surface area contributed by atoms with Gasteiger partial charge in [0.05, 0.1) is 5.56 Å². The third kappa shape index (κ3) is 3.92. The van der Waals surface area contributed by atoms with Crippen LogP contribution in [0.25, 0.3) is 0 Å². The number of thioether (sulfide) groups is 1. The van der Waals surface area contributed by atoms with Gasteiger partial charge in [0, 0.05) is 17.1 Å². The van der Waals surface area contributed by atoms with Crippen LogP contribution < -0.4 is 5.32 Å². The van der Waals surface area contributed by atoms with E-state index in [1.807, 2.05) is 24.5 Å². The van der Waals surface area contributed by atoms with Gasteiger partial charge in [-0.05, 0) is 42.5 Å². The number of phenols is 1. The minimum absolute atomic E-state index is 0.243. The lowest BCUT2D eigenvalue weighted by atomic mass is 10.1. The minimum atomic E-state index is -0.924. The number of carboxylic acids is 1. The van der Waals surface area contributed by atoms with Gasteiger partial charge in [-0.15, -0.1) is 11.8 Å². The van der Waals surface area contributed by atoms with E-state index in [4.69, 9.17) is 0 Å². The molecule has 21 heavy (non-hydrogen) atoms. The van der Waals surface area contributed by atoms with Crippen molar-refractivity contribution in [3.8, 4) is 5.75 Å². The molecule has 0 atom stereocenters. The Hall–Kier alpha value is -2.14. The first-order valence-corrected chi connectivity index (χ1v) is 7.76. The van der Waals surface area contributed by atoms with Crippen LogP contribution in [0.4, 0.5) is 5.69 Å². The lowest BCUT2D eigenvalue weighted by Crippen LogP contribution is -2.10. The molecule has 0 aliphatic rings. The number of hydrogen-bond donors (Lipinski definition) is 3. The number of aromatic hydroxyl groups is 1. The average Bonchev–Trinajstić information content (AvgIpc) is 2.48. The van der Waals surface area contributed by atoms with Crippen molar-refractivity contribution in [3.05, 3.63) is 53.6 Å². The highest BCUT2D eigenvalue weighted by Gasteiger charge is 2.14. The Labute approximate surface area is 127 Å². The molecular formula is C16H17NO3S. The zero-order chi connectivity index (χ0) is 15.2. The fourth-order valence-electron chi connectivity index (χ4n) is 2.07. The average molecular weight is 303 g/mol. The minimum Gasteiger partial charge on any atom is -0.508 e. The maximum absolute atomic E-state index is 11.4. The Morgan fingerprint density at radius 1 is 1.19 bits per heavy atom. The van der Waals surface area contributed by atoms with E-state index >= 15 is 0 Å². The van der Waals surface area contributed by atoms with Gasteiger partial charge in [0.1, 0.15) is 5.75 Å². The SMILES string of the molecule is CSc1cccc(NCCc2ccc(O)cc2)c1C(=O)O. The summed E-state index contributed by atoms with van der Waals surface area (Å²) in [6.45, 7) is 0.628. The van der Waals surface area contributed by atoms with Crippen LogP contribution in [0.2, 0.25) is 0 Å². The molecule has 0 aliphatic heterocycles. The van der Waals surface area contributed by atoms with E-state index in [-0.39, 0.29) is 5.75 Å². The molecule has 110 valence electrons. The van der Waals surface area contributed by atoms with Crippen molar-refractivity contribution < 1.29 is 15.0 Å². The number of hydrogen-bond acceptors (Lipinski definition) is 4. The van der Waals surface area contributed by atoms with E-state index in [2.05, 4.69) is 5.32 Å². The number of rotatable bonds is 6. The Bertz CT molecular complexity index is 626. The fraction of sp³-hybridized carbons (Fsp3) is 0.188. The number of phenolic OH excluding ortho intramolecular Hbond substituents is 1. The van der Waals surface area contributed by atoms with Crippen molar-refractivity contribution in [2.75, 3.05) is 18.1 Å². The monoisotopic (exact) mass is 303 g/mol. The molecule has 0 saturated heterocycles. The molecule has 0 unspecified atom stereocenters. The van der Waals surface area contributed by atoms with Gasteiger partial charge in [0.2, 0.25) is 0 Å². The number of anilines is 1. The van der Waals surface area contributed by atoms with Crippen molar-refractivity contribution in [3.63, 3.8) is 0 Å². The van der Waals surface area contributed by atoms with Crippen molar-refractivity contribution in [2.24, 2.45) is 0 Å². The lowest BCUT2D eigenvalue weighted by molar-refractivity contribution is 0.0694. The van der Waals surface area contributed by atoms with Crippen LogP contribution in [0, 0.1) is 0 Å². The number of nitrogens with one attached hydrogen (secondary N) is 1. The van der Waals surface area contributed by atoms with Crippen LogP contribution in [0.3, 0.4) is 0 Å². The van der Waals surface area contributed by atoms with Crippen LogP contribution in [0.15, 0.2) is 47.4 Å². The van der Waals surface area contributed by atoms with Gasteiger partial charge in [-0.25, -0.2) is 4.79 Å². The largest absolute Gasteiger partial charge is 0.508 e. The van der Waals surface area contributed by atoms with Gasteiger partial charge in [0.15, 0.2) is 0 Å². The number of carbonyl (C=O) groups is 1.